The fraction of sp³-hybridized carbons (Fsp3) is 0.258. The molecule has 200 valence electrons. The fourth-order valence-corrected chi connectivity index (χ4v) is 6.30. The first-order chi connectivity index (χ1) is 19.0. The molecule has 1 aromatic heterocycles. The Balaban J connectivity index is 1.28. The number of halogens is 2. The van der Waals surface area contributed by atoms with Gasteiger partial charge in [-0.15, -0.1) is 11.8 Å². The van der Waals surface area contributed by atoms with Crippen LogP contribution in [0.1, 0.15) is 53.0 Å². The van der Waals surface area contributed by atoms with E-state index in [0.29, 0.717) is 36.3 Å². The predicted octanol–water partition coefficient (Wildman–Crippen LogP) is 6.30. The van der Waals surface area contributed by atoms with E-state index in [1.807, 2.05) is 54.6 Å². The molecule has 1 unspecified atom stereocenters. The van der Waals surface area contributed by atoms with Crippen LogP contribution in [0.4, 0.5) is 8.78 Å². The van der Waals surface area contributed by atoms with Gasteiger partial charge in [0.1, 0.15) is 12.7 Å². The van der Waals surface area contributed by atoms with Crippen LogP contribution in [0.15, 0.2) is 93.2 Å². The number of fused-ring (bicyclic) bond motifs is 2. The van der Waals surface area contributed by atoms with Gasteiger partial charge in [-0.3, -0.25) is 4.79 Å². The Morgan fingerprint density at radius 3 is 2.59 bits per heavy atom. The van der Waals surface area contributed by atoms with Crippen molar-refractivity contribution >= 4 is 11.8 Å². The first-order valence-corrected chi connectivity index (χ1v) is 13.8. The summed E-state index contributed by atoms with van der Waals surface area (Å²) < 4.78 is 40.5. The van der Waals surface area contributed by atoms with Gasteiger partial charge >= 0.3 is 0 Å². The third kappa shape index (κ3) is 5.00. The van der Waals surface area contributed by atoms with Gasteiger partial charge in [0.15, 0.2) is 17.4 Å². The van der Waals surface area contributed by atoms with Crippen LogP contribution in [0.2, 0.25) is 0 Å². The van der Waals surface area contributed by atoms with Gasteiger partial charge in [0.25, 0.3) is 0 Å². The summed E-state index contributed by atoms with van der Waals surface area (Å²) in [4.78, 5) is 13.7. The summed E-state index contributed by atoms with van der Waals surface area (Å²) in [5.41, 5.74) is 1.90. The summed E-state index contributed by atoms with van der Waals surface area (Å²) in [6.07, 6.45) is 1.58. The van der Waals surface area contributed by atoms with Gasteiger partial charge in [0.2, 0.25) is 11.2 Å². The lowest BCUT2D eigenvalue weighted by Gasteiger charge is -2.28. The van der Waals surface area contributed by atoms with Crippen molar-refractivity contribution in [2.75, 3.05) is 6.54 Å². The summed E-state index contributed by atoms with van der Waals surface area (Å²) >= 11 is 1.48. The van der Waals surface area contributed by atoms with Crippen LogP contribution in [-0.4, -0.2) is 11.7 Å². The highest BCUT2D eigenvalue weighted by molar-refractivity contribution is 7.98. The van der Waals surface area contributed by atoms with E-state index < -0.39 is 29.2 Å². The van der Waals surface area contributed by atoms with E-state index in [0.717, 1.165) is 22.1 Å². The van der Waals surface area contributed by atoms with Crippen LogP contribution in [-0.2, 0) is 12.4 Å². The van der Waals surface area contributed by atoms with Crippen LogP contribution >= 0.6 is 11.8 Å². The van der Waals surface area contributed by atoms with E-state index in [2.05, 4.69) is 5.32 Å². The van der Waals surface area contributed by atoms with Crippen molar-refractivity contribution in [1.82, 2.24) is 5.32 Å². The first kappa shape index (κ1) is 25.8. The molecule has 0 saturated heterocycles. The monoisotopic (exact) mass is 547 g/mol. The van der Waals surface area contributed by atoms with Crippen LogP contribution < -0.4 is 15.5 Å². The molecular formula is C31H27F2NO4S. The van der Waals surface area contributed by atoms with Gasteiger partial charge in [-0.1, -0.05) is 54.6 Å². The maximum absolute atomic E-state index is 14.9. The van der Waals surface area contributed by atoms with Gasteiger partial charge < -0.3 is 19.6 Å². The van der Waals surface area contributed by atoms with Crippen LogP contribution in [0, 0.1) is 17.0 Å². The Labute approximate surface area is 228 Å². The summed E-state index contributed by atoms with van der Waals surface area (Å²) in [5.74, 6) is -1.27. The molecule has 0 spiro atoms. The molecule has 2 N–H and O–H groups in total. The van der Waals surface area contributed by atoms with Gasteiger partial charge in [-0.2, -0.15) is 0 Å². The van der Waals surface area contributed by atoms with E-state index in [1.54, 1.807) is 6.07 Å². The second-order valence-corrected chi connectivity index (χ2v) is 11.1. The molecule has 3 aromatic carbocycles. The third-order valence-corrected chi connectivity index (χ3v) is 8.73. The Bertz CT molecular complexity index is 1550. The van der Waals surface area contributed by atoms with Crippen molar-refractivity contribution in [3.8, 4) is 5.75 Å². The highest BCUT2D eigenvalue weighted by Crippen LogP contribution is 2.56. The lowest BCUT2D eigenvalue weighted by Crippen LogP contribution is -2.33. The average Bonchev–Trinajstić information content (AvgIpc) is 3.77. The lowest BCUT2D eigenvalue weighted by molar-refractivity contribution is 0.0624. The molecule has 1 fully saturated rings. The van der Waals surface area contributed by atoms with Crippen molar-refractivity contribution in [3.05, 3.63) is 129 Å². The highest BCUT2D eigenvalue weighted by atomic mass is 32.2. The summed E-state index contributed by atoms with van der Waals surface area (Å²) in [6, 6.07) is 20.9. The largest absolute Gasteiger partial charge is 0.482 e. The zero-order valence-corrected chi connectivity index (χ0v) is 21.8. The molecule has 1 saturated carbocycles. The molecule has 2 atom stereocenters. The standard InChI is InChI=1S/C31H27F2NO4S/c32-23-11-10-20-22(26(23)33)17-39-25-9-5-4-8-21(25)27(20)34-18-31(13-14-31)30(36)29-28(24(35)12-15-37-29)38-16-19-6-2-1-3-7-19/h1-12,15,27,30,34,36H,13-14,16-18H2/t27-,30?/m0/s1. The summed E-state index contributed by atoms with van der Waals surface area (Å²) in [6.45, 7) is 0.531. The minimum absolute atomic E-state index is 0.000711. The minimum atomic E-state index is -1.09. The molecule has 4 aromatic rings. The molecular weight excluding hydrogens is 520 g/mol. The van der Waals surface area contributed by atoms with Crippen LogP contribution in [0.3, 0.4) is 0 Å². The second kappa shape index (κ2) is 10.6. The Morgan fingerprint density at radius 2 is 1.79 bits per heavy atom. The third-order valence-electron chi connectivity index (χ3n) is 7.61. The van der Waals surface area contributed by atoms with Gasteiger partial charge in [0, 0.05) is 34.2 Å². The van der Waals surface area contributed by atoms with E-state index >= 15 is 0 Å². The van der Waals surface area contributed by atoms with Crippen LogP contribution in [0.5, 0.6) is 5.75 Å². The maximum Gasteiger partial charge on any atom is 0.227 e. The number of aliphatic hydroxyl groups is 1. The van der Waals surface area contributed by atoms with Gasteiger partial charge in [-0.05, 0) is 41.7 Å². The number of hydrogen-bond acceptors (Lipinski definition) is 6. The topological polar surface area (TPSA) is 71.7 Å². The Hall–Kier alpha value is -3.46. The molecule has 0 amide bonds. The smallest absolute Gasteiger partial charge is 0.227 e. The molecule has 6 rings (SSSR count). The quantitative estimate of drug-likeness (QED) is 0.270. The van der Waals surface area contributed by atoms with E-state index in [-0.39, 0.29) is 23.5 Å². The molecule has 5 nitrogen and oxygen atoms in total. The van der Waals surface area contributed by atoms with E-state index in [1.165, 1.54) is 24.1 Å². The highest BCUT2D eigenvalue weighted by Gasteiger charge is 2.52. The van der Waals surface area contributed by atoms with Gasteiger partial charge in [-0.25, -0.2) is 8.78 Å². The number of aliphatic hydroxyl groups excluding tert-OH is 1. The molecule has 0 radical (unpaired) electrons. The van der Waals surface area contributed by atoms with Crippen molar-refractivity contribution < 1.29 is 23.0 Å². The first-order valence-electron chi connectivity index (χ1n) is 12.9. The molecule has 2 aliphatic rings. The van der Waals surface area contributed by atoms with Gasteiger partial charge in [0.05, 0.1) is 12.3 Å². The number of benzene rings is 3. The molecule has 8 heteroatoms. The SMILES string of the molecule is O=c1ccoc(C(O)C2(CN[C@@H]3c4ccccc4SCc4c3ccc(F)c4F)CC2)c1OCc1ccccc1. The fourth-order valence-electron chi connectivity index (χ4n) is 5.18. The van der Waals surface area contributed by atoms with Crippen molar-refractivity contribution in [2.24, 2.45) is 5.41 Å². The van der Waals surface area contributed by atoms with Crippen molar-refractivity contribution in [3.63, 3.8) is 0 Å². The minimum Gasteiger partial charge on any atom is -0.482 e. The van der Waals surface area contributed by atoms with E-state index in [4.69, 9.17) is 9.15 Å². The zero-order chi connectivity index (χ0) is 27.0. The molecule has 1 aliphatic carbocycles. The summed E-state index contributed by atoms with van der Waals surface area (Å²) in [5, 5.41) is 15.0. The number of nitrogens with one attached hydrogen (secondary N) is 1. The average molecular weight is 548 g/mol. The number of rotatable bonds is 8. The maximum atomic E-state index is 14.9. The second-order valence-electron chi connectivity index (χ2n) is 10.1. The summed E-state index contributed by atoms with van der Waals surface area (Å²) in [7, 11) is 0. The van der Waals surface area contributed by atoms with Crippen molar-refractivity contribution in [1.29, 1.82) is 0 Å². The molecule has 39 heavy (non-hydrogen) atoms. The number of ether oxygens (including phenoxy) is 1. The zero-order valence-electron chi connectivity index (χ0n) is 21.0. The molecule has 2 heterocycles. The van der Waals surface area contributed by atoms with E-state index in [9.17, 15) is 18.7 Å². The van der Waals surface area contributed by atoms with Crippen LogP contribution in [0.25, 0.3) is 0 Å². The Morgan fingerprint density at radius 1 is 1.03 bits per heavy atom. The normalized spacial score (nSPS) is 18.0. The van der Waals surface area contributed by atoms with Crippen molar-refractivity contribution in [2.45, 2.75) is 42.2 Å². The molecule has 1 aliphatic heterocycles. The molecule has 0 bridgehead atoms. The number of thioether (sulfide) groups is 1. The predicted molar refractivity (Wildman–Crippen MR) is 145 cm³/mol. The lowest BCUT2D eigenvalue weighted by atomic mass is 9.91. The Kier molecular flexibility index (Phi) is 7.01. The number of hydrogen-bond donors (Lipinski definition) is 2.